The quantitative estimate of drug-likeness (QED) is 0.349. The van der Waals surface area contributed by atoms with Crippen molar-refractivity contribution in [2.45, 2.75) is 31.7 Å². The summed E-state index contributed by atoms with van der Waals surface area (Å²) in [6.45, 7) is 7.43. The van der Waals surface area contributed by atoms with Gasteiger partial charge in [0.1, 0.15) is 6.10 Å². The Hall–Kier alpha value is 0.0969. The van der Waals surface area contributed by atoms with Gasteiger partial charge in [0.25, 0.3) is 0 Å². The van der Waals surface area contributed by atoms with E-state index in [4.69, 9.17) is 9.47 Å². The molecule has 1 aliphatic heterocycles. The first-order valence-electron chi connectivity index (χ1n) is 4.48. The van der Waals surface area contributed by atoms with Gasteiger partial charge < -0.3 is 14.9 Å². The minimum absolute atomic E-state index is 0. The summed E-state index contributed by atoms with van der Waals surface area (Å²) in [5, 5.41) is 0. The van der Waals surface area contributed by atoms with Crippen LogP contribution in [0.4, 0.5) is 0 Å². The largest absolute Gasteiger partial charge is 0.412 e. The molecule has 0 aliphatic carbocycles. The maximum absolute atomic E-state index is 5.41. The molecule has 3 nitrogen and oxygen atoms in total. The molecule has 12 heavy (non-hydrogen) atoms. The second kappa shape index (κ2) is 6.60. The van der Waals surface area contributed by atoms with Crippen LogP contribution in [0.5, 0.6) is 0 Å². The molecule has 4 heteroatoms. The second-order valence-electron chi connectivity index (χ2n) is 3.57. The monoisotopic (exact) mass is 192 g/mol. The third-order valence-corrected chi connectivity index (χ3v) is 3.34. The van der Waals surface area contributed by atoms with Gasteiger partial charge in [0, 0.05) is 15.4 Å². The van der Waals surface area contributed by atoms with Crippen LogP contribution in [0.25, 0.3) is 0 Å². The lowest BCUT2D eigenvalue weighted by Crippen LogP contribution is -2.05. The van der Waals surface area contributed by atoms with Crippen LogP contribution >= 0.6 is 0 Å². The van der Waals surface area contributed by atoms with E-state index in [0.29, 0.717) is 6.10 Å². The fourth-order valence-electron chi connectivity index (χ4n) is 0.973. The highest BCUT2D eigenvalue weighted by molar-refractivity contribution is 6.55. The molecule has 1 rings (SSSR count). The molecule has 1 fully saturated rings. The standard InChI is InChI=1S/C8H18O2Si.H2O/c1-11(2)5-3-4-9-6-8-7-10-8;/h8,11H,3-7H2,1-2H3;1H2. The van der Waals surface area contributed by atoms with Crippen LogP contribution in [0.2, 0.25) is 19.1 Å². The summed E-state index contributed by atoms with van der Waals surface area (Å²) >= 11 is 0. The van der Waals surface area contributed by atoms with Crippen molar-refractivity contribution in [1.29, 1.82) is 0 Å². The summed E-state index contributed by atoms with van der Waals surface area (Å²) in [6, 6.07) is 1.41. The average molecular weight is 192 g/mol. The molecule has 74 valence electrons. The summed E-state index contributed by atoms with van der Waals surface area (Å²) in [7, 11) is -0.333. The number of hydrogen-bond acceptors (Lipinski definition) is 2. The van der Waals surface area contributed by atoms with Gasteiger partial charge in [-0.25, -0.2) is 0 Å². The van der Waals surface area contributed by atoms with Crippen LogP contribution in [-0.4, -0.2) is 40.2 Å². The Morgan fingerprint density at radius 3 is 2.67 bits per heavy atom. The zero-order chi connectivity index (χ0) is 8.10. The van der Waals surface area contributed by atoms with Gasteiger partial charge in [0.2, 0.25) is 0 Å². The molecule has 2 N–H and O–H groups in total. The van der Waals surface area contributed by atoms with E-state index in [1.165, 1.54) is 12.5 Å². The fraction of sp³-hybridized carbons (Fsp3) is 1.00. The first-order valence-corrected chi connectivity index (χ1v) is 7.61. The molecule has 1 aliphatic rings. The summed E-state index contributed by atoms with van der Waals surface area (Å²) in [5.41, 5.74) is 0. The molecule has 1 saturated heterocycles. The number of ether oxygens (including phenoxy) is 2. The predicted octanol–water partition coefficient (Wildman–Crippen LogP) is 0.454. The molecular formula is C8H20O3Si. The van der Waals surface area contributed by atoms with E-state index in [1.54, 1.807) is 0 Å². The molecule has 0 bridgehead atoms. The van der Waals surface area contributed by atoms with E-state index >= 15 is 0 Å². The molecule has 0 radical (unpaired) electrons. The SMILES string of the molecule is C[SiH](C)CCCOCC1CO1.O. The lowest BCUT2D eigenvalue weighted by atomic mass is 10.5. The first kappa shape index (κ1) is 12.1. The Kier molecular flexibility index (Phi) is 6.65. The molecule has 0 aromatic carbocycles. The van der Waals surface area contributed by atoms with E-state index in [-0.39, 0.29) is 14.3 Å². The highest BCUT2D eigenvalue weighted by Crippen LogP contribution is 2.08. The van der Waals surface area contributed by atoms with Crippen LogP contribution < -0.4 is 0 Å². The minimum atomic E-state index is -0.333. The molecule has 0 aromatic heterocycles. The van der Waals surface area contributed by atoms with Crippen molar-refractivity contribution in [3.05, 3.63) is 0 Å². The van der Waals surface area contributed by atoms with Crippen molar-refractivity contribution in [2.24, 2.45) is 0 Å². The third-order valence-electron chi connectivity index (χ3n) is 1.78. The molecule has 0 amide bonds. The topological polar surface area (TPSA) is 53.3 Å². The van der Waals surface area contributed by atoms with Crippen LogP contribution in [0.15, 0.2) is 0 Å². The maximum Gasteiger partial charge on any atom is 0.104 e. The molecular weight excluding hydrogens is 172 g/mol. The Bertz CT molecular complexity index is 100. The summed E-state index contributed by atoms with van der Waals surface area (Å²) in [5.74, 6) is 0. The Labute approximate surface area is 76.0 Å². The molecule has 0 spiro atoms. The van der Waals surface area contributed by atoms with Crippen LogP contribution in [-0.2, 0) is 9.47 Å². The summed E-state index contributed by atoms with van der Waals surface area (Å²) < 4.78 is 10.4. The van der Waals surface area contributed by atoms with Crippen molar-refractivity contribution in [3.63, 3.8) is 0 Å². The predicted molar refractivity (Wildman–Crippen MR) is 52.5 cm³/mol. The fourth-order valence-corrected chi connectivity index (χ4v) is 1.96. The number of hydrogen-bond donors (Lipinski definition) is 0. The molecule has 0 aromatic rings. The molecule has 1 heterocycles. The Morgan fingerprint density at radius 2 is 2.17 bits per heavy atom. The van der Waals surface area contributed by atoms with Crippen molar-refractivity contribution in [1.82, 2.24) is 0 Å². The maximum atomic E-state index is 5.41. The summed E-state index contributed by atoms with van der Waals surface area (Å²) in [6.07, 6.45) is 1.68. The lowest BCUT2D eigenvalue weighted by Gasteiger charge is -2.03. The Balaban J connectivity index is 0.00000121. The van der Waals surface area contributed by atoms with Gasteiger partial charge in [-0.3, -0.25) is 0 Å². The van der Waals surface area contributed by atoms with Crippen molar-refractivity contribution >= 4 is 8.80 Å². The number of rotatable bonds is 6. The van der Waals surface area contributed by atoms with E-state index in [2.05, 4.69) is 13.1 Å². The van der Waals surface area contributed by atoms with Crippen LogP contribution in [0, 0.1) is 0 Å². The van der Waals surface area contributed by atoms with Gasteiger partial charge in [-0.15, -0.1) is 0 Å². The number of epoxide rings is 1. The van der Waals surface area contributed by atoms with Gasteiger partial charge in [-0.05, 0) is 6.42 Å². The first-order chi connectivity index (χ1) is 5.29. The Morgan fingerprint density at radius 1 is 1.50 bits per heavy atom. The zero-order valence-electron chi connectivity index (χ0n) is 8.01. The lowest BCUT2D eigenvalue weighted by molar-refractivity contribution is 0.117. The van der Waals surface area contributed by atoms with Gasteiger partial charge in [-0.1, -0.05) is 19.1 Å². The van der Waals surface area contributed by atoms with Gasteiger partial charge in [-0.2, -0.15) is 0 Å². The molecule has 1 unspecified atom stereocenters. The second-order valence-corrected chi connectivity index (χ2v) is 6.93. The van der Waals surface area contributed by atoms with Crippen LogP contribution in [0.1, 0.15) is 6.42 Å². The van der Waals surface area contributed by atoms with Gasteiger partial charge >= 0.3 is 0 Å². The van der Waals surface area contributed by atoms with E-state index in [1.807, 2.05) is 0 Å². The summed E-state index contributed by atoms with van der Waals surface area (Å²) in [4.78, 5) is 0. The smallest absolute Gasteiger partial charge is 0.104 e. The van der Waals surface area contributed by atoms with Crippen molar-refractivity contribution in [3.8, 4) is 0 Å². The van der Waals surface area contributed by atoms with E-state index in [0.717, 1.165) is 19.8 Å². The molecule has 0 saturated carbocycles. The van der Waals surface area contributed by atoms with Gasteiger partial charge in [0.05, 0.1) is 13.2 Å². The highest BCUT2D eigenvalue weighted by atomic mass is 28.3. The van der Waals surface area contributed by atoms with E-state index in [9.17, 15) is 0 Å². The third kappa shape index (κ3) is 6.79. The zero-order valence-corrected chi connectivity index (χ0v) is 9.16. The molecule has 1 atom stereocenters. The van der Waals surface area contributed by atoms with Crippen molar-refractivity contribution in [2.75, 3.05) is 19.8 Å². The highest BCUT2D eigenvalue weighted by Gasteiger charge is 2.21. The van der Waals surface area contributed by atoms with E-state index < -0.39 is 0 Å². The normalized spacial score (nSPS) is 20.8. The van der Waals surface area contributed by atoms with Crippen molar-refractivity contribution < 1.29 is 14.9 Å². The van der Waals surface area contributed by atoms with Crippen LogP contribution in [0.3, 0.4) is 0 Å². The van der Waals surface area contributed by atoms with Gasteiger partial charge in [0.15, 0.2) is 0 Å². The average Bonchev–Trinajstić information content (AvgIpc) is 2.70. The minimum Gasteiger partial charge on any atom is -0.412 e.